The summed E-state index contributed by atoms with van der Waals surface area (Å²) < 4.78 is 12.9. The first-order chi connectivity index (χ1) is 13.4. The lowest BCUT2D eigenvalue weighted by Gasteiger charge is -2.36. The Bertz CT molecular complexity index is 874. The van der Waals surface area contributed by atoms with Gasteiger partial charge in [-0.1, -0.05) is 18.6 Å². The van der Waals surface area contributed by atoms with Gasteiger partial charge in [-0.15, -0.1) is 0 Å². The molecule has 6 nitrogen and oxygen atoms in total. The molecule has 1 saturated carbocycles. The Morgan fingerprint density at radius 3 is 2.18 bits per heavy atom. The fourth-order valence-corrected chi connectivity index (χ4v) is 3.17. The van der Waals surface area contributed by atoms with Gasteiger partial charge in [-0.3, -0.25) is 14.4 Å². The van der Waals surface area contributed by atoms with Gasteiger partial charge in [0.25, 0.3) is 5.91 Å². The molecule has 1 fully saturated rings. The van der Waals surface area contributed by atoms with Crippen molar-refractivity contribution < 1.29 is 23.9 Å². The van der Waals surface area contributed by atoms with Crippen LogP contribution in [0.3, 0.4) is 0 Å². The standard InChI is InChI=1S/C21H21FN2O4/c22-16-6-2-14(3-7-16)13-23-19(26)15-4-8-17(9-5-15)24-18(25)12-21(20(27)28)10-1-11-21/h2-9H,1,10-13H2,(H,23,26)(H,24,25)(H,27,28). The molecule has 0 bridgehead atoms. The van der Waals surface area contributed by atoms with Gasteiger partial charge >= 0.3 is 5.97 Å². The molecule has 0 aliphatic heterocycles. The van der Waals surface area contributed by atoms with Gasteiger partial charge in [0, 0.05) is 24.2 Å². The molecule has 0 radical (unpaired) electrons. The molecule has 3 rings (SSSR count). The number of anilines is 1. The van der Waals surface area contributed by atoms with Gasteiger partial charge in [-0.05, 0) is 54.8 Å². The highest BCUT2D eigenvalue weighted by molar-refractivity contribution is 5.97. The molecule has 28 heavy (non-hydrogen) atoms. The molecule has 1 aliphatic rings. The van der Waals surface area contributed by atoms with Gasteiger partial charge in [0.15, 0.2) is 0 Å². The Kier molecular flexibility index (Phi) is 5.73. The number of rotatable bonds is 7. The highest BCUT2D eigenvalue weighted by Crippen LogP contribution is 2.44. The fourth-order valence-electron chi connectivity index (χ4n) is 3.17. The molecule has 2 amide bonds. The van der Waals surface area contributed by atoms with E-state index in [1.54, 1.807) is 36.4 Å². The van der Waals surface area contributed by atoms with Crippen molar-refractivity contribution in [3.05, 3.63) is 65.5 Å². The molecule has 1 aliphatic carbocycles. The topological polar surface area (TPSA) is 95.5 Å². The molecule has 0 heterocycles. The predicted octanol–water partition coefficient (Wildman–Crippen LogP) is 3.34. The van der Waals surface area contributed by atoms with E-state index >= 15 is 0 Å². The van der Waals surface area contributed by atoms with Crippen molar-refractivity contribution in [3.8, 4) is 0 Å². The summed E-state index contributed by atoms with van der Waals surface area (Å²) in [5.41, 5.74) is 0.757. The van der Waals surface area contributed by atoms with Crippen LogP contribution in [0.15, 0.2) is 48.5 Å². The number of carboxylic acids is 1. The maximum Gasteiger partial charge on any atom is 0.310 e. The van der Waals surface area contributed by atoms with E-state index in [4.69, 9.17) is 0 Å². The molecule has 0 saturated heterocycles. The fraction of sp³-hybridized carbons (Fsp3) is 0.286. The van der Waals surface area contributed by atoms with Crippen LogP contribution in [0.2, 0.25) is 0 Å². The van der Waals surface area contributed by atoms with E-state index in [9.17, 15) is 23.9 Å². The molecule has 0 aromatic heterocycles. The van der Waals surface area contributed by atoms with Crippen molar-refractivity contribution in [1.82, 2.24) is 5.32 Å². The summed E-state index contributed by atoms with van der Waals surface area (Å²) >= 11 is 0. The van der Waals surface area contributed by atoms with Crippen LogP contribution in [-0.2, 0) is 16.1 Å². The van der Waals surface area contributed by atoms with Crippen LogP contribution in [0.25, 0.3) is 0 Å². The van der Waals surface area contributed by atoms with Crippen molar-refractivity contribution in [2.45, 2.75) is 32.2 Å². The molecule has 3 N–H and O–H groups in total. The quantitative estimate of drug-likeness (QED) is 0.682. The molecule has 146 valence electrons. The van der Waals surface area contributed by atoms with Gasteiger partial charge in [0.05, 0.1) is 5.41 Å². The smallest absolute Gasteiger partial charge is 0.310 e. The first-order valence-electron chi connectivity index (χ1n) is 9.04. The second-order valence-corrected chi connectivity index (χ2v) is 7.05. The van der Waals surface area contributed by atoms with Crippen LogP contribution >= 0.6 is 0 Å². The number of hydrogen-bond donors (Lipinski definition) is 3. The Labute approximate surface area is 161 Å². The van der Waals surface area contributed by atoms with Crippen molar-refractivity contribution in [2.75, 3.05) is 5.32 Å². The number of aliphatic carboxylic acids is 1. The number of carbonyl (C=O) groups is 3. The first kappa shape index (κ1) is 19.5. The summed E-state index contributed by atoms with van der Waals surface area (Å²) in [6, 6.07) is 12.2. The maximum absolute atomic E-state index is 12.9. The minimum atomic E-state index is -0.940. The number of hydrogen-bond acceptors (Lipinski definition) is 3. The van der Waals surface area contributed by atoms with Crippen molar-refractivity contribution in [3.63, 3.8) is 0 Å². The van der Waals surface area contributed by atoms with Crippen LogP contribution in [0.5, 0.6) is 0 Å². The summed E-state index contributed by atoms with van der Waals surface area (Å²) in [6.07, 6.45) is 1.80. The highest BCUT2D eigenvalue weighted by Gasteiger charge is 2.45. The number of carbonyl (C=O) groups excluding carboxylic acids is 2. The predicted molar refractivity (Wildman–Crippen MR) is 101 cm³/mol. The molecular weight excluding hydrogens is 363 g/mol. The molecule has 2 aromatic carbocycles. The van der Waals surface area contributed by atoms with Gasteiger partial charge < -0.3 is 15.7 Å². The Hall–Kier alpha value is -3.22. The number of amides is 2. The summed E-state index contributed by atoms with van der Waals surface area (Å²) in [6.45, 7) is 0.273. The summed E-state index contributed by atoms with van der Waals surface area (Å²) in [7, 11) is 0. The normalized spacial score (nSPS) is 14.6. The largest absolute Gasteiger partial charge is 0.481 e. The first-order valence-corrected chi connectivity index (χ1v) is 9.04. The molecule has 2 aromatic rings. The third-order valence-electron chi connectivity index (χ3n) is 5.06. The summed E-state index contributed by atoms with van der Waals surface area (Å²) in [4.78, 5) is 35.7. The number of carboxylic acid groups (broad SMARTS) is 1. The average molecular weight is 384 g/mol. The zero-order chi connectivity index (χ0) is 20.1. The van der Waals surface area contributed by atoms with Crippen LogP contribution in [0.4, 0.5) is 10.1 Å². The SMILES string of the molecule is O=C(CC1(C(=O)O)CCC1)Nc1ccc(C(=O)NCc2ccc(F)cc2)cc1. The third kappa shape index (κ3) is 4.54. The molecule has 0 atom stereocenters. The lowest BCUT2D eigenvalue weighted by Crippen LogP contribution is -2.41. The van der Waals surface area contributed by atoms with Gasteiger partial charge in [-0.2, -0.15) is 0 Å². The average Bonchev–Trinajstić information content (AvgIpc) is 2.64. The van der Waals surface area contributed by atoms with Crippen LogP contribution in [-0.4, -0.2) is 22.9 Å². The Morgan fingerprint density at radius 1 is 1.00 bits per heavy atom. The Morgan fingerprint density at radius 2 is 1.64 bits per heavy atom. The molecule has 0 spiro atoms. The van der Waals surface area contributed by atoms with E-state index in [1.165, 1.54) is 12.1 Å². The number of halogens is 1. The maximum atomic E-state index is 12.9. The monoisotopic (exact) mass is 384 g/mol. The van der Waals surface area contributed by atoms with E-state index in [-0.39, 0.29) is 30.6 Å². The lowest BCUT2D eigenvalue weighted by molar-refractivity contribution is -0.157. The van der Waals surface area contributed by atoms with Gasteiger partial charge in [0.1, 0.15) is 5.82 Å². The Balaban J connectivity index is 1.52. The lowest BCUT2D eigenvalue weighted by atomic mass is 9.66. The van der Waals surface area contributed by atoms with Crippen molar-refractivity contribution in [1.29, 1.82) is 0 Å². The number of benzene rings is 2. The van der Waals surface area contributed by atoms with Gasteiger partial charge in [0.2, 0.25) is 5.91 Å². The minimum absolute atomic E-state index is 0.0533. The van der Waals surface area contributed by atoms with Crippen molar-refractivity contribution in [2.24, 2.45) is 5.41 Å². The summed E-state index contributed by atoms with van der Waals surface area (Å²) in [5, 5.41) is 14.7. The van der Waals surface area contributed by atoms with E-state index in [0.717, 1.165) is 12.0 Å². The van der Waals surface area contributed by atoms with E-state index in [1.807, 2.05) is 0 Å². The third-order valence-corrected chi connectivity index (χ3v) is 5.06. The van der Waals surface area contributed by atoms with Crippen LogP contribution in [0, 0.1) is 11.2 Å². The van der Waals surface area contributed by atoms with Crippen LogP contribution in [0.1, 0.15) is 41.6 Å². The number of nitrogens with one attached hydrogen (secondary N) is 2. The second-order valence-electron chi connectivity index (χ2n) is 7.05. The molecule has 0 unspecified atom stereocenters. The van der Waals surface area contributed by atoms with Gasteiger partial charge in [-0.25, -0.2) is 4.39 Å². The second kappa shape index (κ2) is 8.21. The zero-order valence-corrected chi connectivity index (χ0v) is 15.2. The zero-order valence-electron chi connectivity index (χ0n) is 15.2. The van der Waals surface area contributed by atoms with E-state index in [0.29, 0.717) is 24.1 Å². The highest BCUT2D eigenvalue weighted by atomic mass is 19.1. The molecule has 7 heteroatoms. The van der Waals surface area contributed by atoms with Crippen LogP contribution < -0.4 is 10.6 Å². The van der Waals surface area contributed by atoms with Crippen molar-refractivity contribution >= 4 is 23.5 Å². The van der Waals surface area contributed by atoms with E-state index in [2.05, 4.69) is 10.6 Å². The van der Waals surface area contributed by atoms with E-state index < -0.39 is 11.4 Å². The minimum Gasteiger partial charge on any atom is -0.481 e. The molecular formula is C21H21FN2O4. The summed E-state index contributed by atoms with van der Waals surface area (Å²) in [5.74, 6) is -1.90.